The Kier molecular flexibility index (Phi) is 7.53. The number of esters is 1. The number of aryl methyl sites for hydroxylation is 1. The van der Waals surface area contributed by atoms with Crippen molar-refractivity contribution in [3.8, 4) is 0 Å². The Balaban J connectivity index is 0.000000221. The van der Waals surface area contributed by atoms with Crippen LogP contribution in [0.5, 0.6) is 0 Å². The summed E-state index contributed by atoms with van der Waals surface area (Å²) in [6.45, 7) is 3.25. The molecule has 0 aromatic heterocycles. The maximum atomic E-state index is 12.8. The molecule has 1 spiro atoms. The Morgan fingerprint density at radius 3 is 2.40 bits per heavy atom. The van der Waals surface area contributed by atoms with E-state index in [1.54, 1.807) is 28.8 Å². The zero-order valence-electron chi connectivity index (χ0n) is 19.2. The molecule has 0 bridgehead atoms. The van der Waals surface area contributed by atoms with Crippen LogP contribution in [0.4, 0.5) is 0 Å². The van der Waals surface area contributed by atoms with Crippen molar-refractivity contribution in [3.05, 3.63) is 65.7 Å². The molecule has 2 unspecified atom stereocenters. The third-order valence-electron chi connectivity index (χ3n) is 6.36. The van der Waals surface area contributed by atoms with Gasteiger partial charge in [0.1, 0.15) is 24.1 Å². The van der Waals surface area contributed by atoms with E-state index in [9.17, 15) is 18.0 Å². The molecule has 0 radical (unpaired) electrons. The standard InChI is InChI=1S/C17H20N2O4S.C7H8O3S/c18-12-14(20)19-13(16(21)23-10-11-4-2-1-3-5-11)17(24-15(12)19)6-8-22-9-7-17;1-6-2-4-7(5-3-6)11(8,9)10/h1-5,12-13,15H,6-10,18H2;2-5H,1H3,(H,8,9,10)/t12?,13?,15-;/m0./s1. The van der Waals surface area contributed by atoms with E-state index < -0.39 is 22.2 Å². The minimum atomic E-state index is -4.02. The third kappa shape index (κ3) is 5.39. The van der Waals surface area contributed by atoms with Crippen LogP contribution in [0.15, 0.2) is 59.5 Å². The van der Waals surface area contributed by atoms with Crippen LogP contribution in [0.2, 0.25) is 0 Å². The molecular formula is C24H28N2O7S2. The summed E-state index contributed by atoms with van der Waals surface area (Å²) >= 11 is 1.65. The second-order valence-electron chi connectivity index (χ2n) is 8.74. The van der Waals surface area contributed by atoms with E-state index >= 15 is 0 Å². The molecule has 188 valence electrons. The molecule has 3 aliphatic heterocycles. The van der Waals surface area contributed by atoms with E-state index in [2.05, 4.69) is 0 Å². The summed E-state index contributed by atoms with van der Waals surface area (Å²) in [6, 6.07) is 14.5. The van der Waals surface area contributed by atoms with Crippen molar-refractivity contribution < 1.29 is 32.0 Å². The average Bonchev–Trinajstić information content (AvgIpc) is 3.14. The smallest absolute Gasteiger partial charge is 0.330 e. The van der Waals surface area contributed by atoms with Crippen molar-refractivity contribution in [2.24, 2.45) is 5.73 Å². The lowest BCUT2D eigenvalue weighted by molar-refractivity contribution is -0.165. The Bertz CT molecular complexity index is 1170. The van der Waals surface area contributed by atoms with Gasteiger partial charge in [0.15, 0.2) is 0 Å². The number of nitrogens with two attached hydrogens (primary N) is 1. The molecule has 0 saturated carbocycles. The number of hydrogen-bond donors (Lipinski definition) is 2. The van der Waals surface area contributed by atoms with Crippen LogP contribution < -0.4 is 5.73 Å². The van der Waals surface area contributed by atoms with Gasteiger partial charge in [-0.1, -0.05) is 48.0 Å². The van der Waals surface area contributed by atoms with Gasteiger partial charge in [-0.15, -0.1) is 11.8 Å². The zero-order valence-corrected chi connectivity index (χ0v) is 20.8. The van der Waals surface area contributed by atoms with Crippen molar-refractivity contribution in [2.45, 2.75) is 53.5 Å². The second-order valence-corrected chi connectivity index (χ2v) is 11.7. The highest BCUT2D eigenvalue weighted by molar-refractivity contribution is 8.01. The first-order chi connectivity index (χ1) is 16.6. The number of fused-ring (bicyclic) bond motifs is 1. The highest BCUT2D eigenvalue weighted by Crippen LogP contribution is 2.55. The first-order valence-electron chi connectivity index (χ1n) is 11.2. The van der Waals surface area contributed by atoms with Crippen LogP contribution >= 0.6 is 11.8 Å². The lowest BCUT2D eigenvalue weighted by Gasteiger charge is -2.42. The van der Waals surface area contributed by atoms with E-state index in [0.717, 1.165) is 24.0 Å². The third-order valence-corrected chi connectivity index (χ3v) is 9.09. The lowest BCUT2D eigenvalue weighted by atomic mass is 9.87. The molecule has 35 heavy (non-hydrogen) atoms. The van der Waals surface area contributed by atoms with Crippen LogP contribution in [0, 0.1) is 6.92 Å². The predicted octanol–water partition coefficient (Wildman–Crippen LogP) is 2.13. The van der Waals surface area contributed by atoms with Crippen LogP contribution in [0.25, 0.3) is 0 Å². The number of nitrogens with zero attached hydrogens (tertiary/aromatic N) is 1. The Morgan fingerprint density at radius 2 is 1.80 bits per heavy atom. The number of β-lactam (4-membered cyclic amide) rings is 1. The van der Waals surface area contributed by atoms with E-state index in [0.29, 0.717) is 13.2 Å². The van der Waals surface area contributed by atoms with Crippen LogP contribution in [-0.4, -0.2) is 65.2 Å². The number of carbonyl (C=O) groups is 2. The molecule has 0 aliphatic carbocycles. The molecule has 3 aliphatic rings. The number of thioether (sulfide) groups is 1. The van der Waals surface area contributed by atoms with E-state index in [1.165, 1.54) is 12.1 Å². The second kappa shape index (κ2) is 10.3. The van der Waals surface area contributed by atoms with Gasteiger partial charge in [-0.2, -0.15) is 8.42 Å². The maximum absolute atomic E-state index is 12.8. The summed E-state index contributed by atoms with van der Waals surface area (Å²) in [5, 5.41) is -0.120. The van der Waals surface area contributed by atoms with Crippen molar-refractivity contribution in [2.75, 3.05) is 13.2 Å². The van der Waals surface area contributed by atoms with Crippen molar-refractivity contribution >= 4 is 33.8 Å². The molecule has 2 aromatic rings. The van der Waals surface area contributed by atoms with Crippen molar-refractivity contribution in [3.63, 3.8) is 0 Å². The number of amides is 1. The van der Waals surface area contributed by atoms with Crippen LogP contribution in [-0.2, 0) is 35.8 Å². The van der Waals surface area contributed by atoms with Gasteiger partial charge in [-0.25, -0.2) is 4.79 Å². The monoisotopic (exact) mass is 520 g/mol. The summed E-state index contributed by atoms with van der Waals surface area (Å²) < 4.78 is 40.2. The average molecular weight is 521 g/mol. The molecule has 5 rings (SSSR count). The Morgan fingerprint density at radius 1 is 1.17 bits per heavy atom. The molecule has 1 amide bonds. The van der Waals surface area contributed by atoms with Crippen LogP contribution in [0.1, 0.15) is 24.0 Å². The SMILES string of the molecule is Cc1ccc(S(=O)(=O)O)cc1.NC1C(=O)N2C(C(=O)OCc3ccccc3)C3(CCOCC3)S[C@@H]12. The molecule has 9 nitrogen and oxygen atoms in total. The highest BCUT2D eigenvalue weighted by atomic mass is 32.2. The Labute approximate surface area is 208 Å². The molecule has 3 fully saturated rings. The minimum absolute atomic E-state index is 0.0666. The first kappa shape index (κ1) is 25.6. The molecule has 3 N–H and O–H groups in total. The van der Waals surface area contributed by atoms with E-state index in [1.807, 2.05) is 37.3 Å². The quantitative estimate of drug-likeness (QED) is 0.353. The lowest BCUT2D eigenvalue weighted by Crippen LogP contribution is -2.69. The number of carbonyl (C=O) groups excluding carboxylic acids is 2. The zero-order chi connectivity index (χ0) is 25.2. The molecule has 2 aromatic carbocycles. The summed E-state index contributed by atoms with van der Waals surface area (Å²) in [5.41, 5.74) is 7.82. The van der Waals surface area contributed by atoms with Crippen LogP contribution in [0.3, 0.4) is 0 Å². The summed E-state index contributed by atoms with van der Waals surface area (Å²) in [4.78, 5) is 26.6. The van der Waals surface area contributed by atoms with Gasteiger partial charge in [0.25, 0.3) is 10.1 Å². The van der Waals surface area contributed by atoms with Gasteiger partial charge in [-0.3, -0.25) is 9.35 Å². The Hall–Kier alpha value is -2.44. The first-order valence-corrected chi connectivity index (χ1v) is 13.5. The molecular weight excluding hydrogens is 492 g/mol. The fourth-order valence-electron chi connectivity index (χ4n) is 4.43. The molecule has 3 atom stereocenters. The fraction of sp³-hybridized carbons (Fsp3) is 0.417. The van der Waals surface area contributed by atoms with E-state index in [-0.39, 0.29) is 33.5 Å². The molecule has 11 heteroatoms. The molecule has 3 heterocycles. The van der Waals surface area contributed by atoms with Gasteiger partial charge >= 0.3 is 5.97 Å². The van der Waals surface area contributed by atoms with Crippen molar-refractivity contribution in [1.29, 1.82) is 0 Å². The number of benzene rings is 2. The van der Waals surface area contributed by atoms with Gasteiger partial charge in [0.2, 0.25) is 5.91 Å². The van der Waals surface area contributed by atoms with Gasteiger partial charge < -0.3 is 20.1 Å². The highest BCUT2D eigenvalue weighted by Gasteiger charge is 2.66. The van der Waals surface area contributed by atoms with Gasteiger partial charge in [0.05, 0.1) is 9.64 Å². The maximum Gasteiger partial charge on any atom is 0.330 e. The summed E-state index contributed by atoms with van der Waals surface area (Å²) in [6.07, 6.45) is 1.46. The van der Waals surface area contributed by atoms with E-state index in [4.69, 9.17) is 19.8 Å². The number of rotatable bonds is 4. The normalized spacial score (nSPS) is 24.7. The van der Waals surface area contributed by atoms with Gasteiger partial charge in [-0.05, 0) is 37.5 Å². The summed E-state index contributed by atoms with van der Waals surface area (Å²) in [7, 11) is -4.02. The predicted molar refractivity (Wildman–Crippen MR) is 130 cm³/mol. The van der Waals surface area contributed by atoms with Gasteiger partial charge in [0, 0.05) is 13.2 Å². The largest absolute Gasteiger partial charge is 0.459 e. The molecule has 3 saturated heterocycles. The van der Waals surface area contributed by atoms with Crippen molar-refractivity contribution in [1.82, 2.24) is 4.90 Å². The number of hydrogen-bond acceptors (Lipinski definition) is 8. The topological polar surface area (TPSA) is 136 Å². The number of ether oxygens (including phenoxy) is 2. The summed E-state index contributed by atoms with van der Waals surface area (Å²) in [5.74, 6) is -0.492. The fourth-order valence-corrected chi connectivity index (χ4v) is 6.73. The minimum Gasteiger partial charge on any atom is -0.459 e.